The first-order chi connectivity index (χ1) is 8.85. The van der Waals surface area contributed by atoms with Gasteiger partial charge in [0.25, 0.3) is 0 Å². The number of hydrogen-bond donors (Lipinski definition) is 1. The van der Waals surface area contributed by atoms with Crippen molar-refractivity contribution in [2.24, 2.45) is 5.73 Å². The maximum Gasteiger partial charge on any atom is 0.231 e. The van der Waals surface area contributed by atoms with Gasteiger partial charge < -0.3 is 19.9 Å². The van der Waals surface area contributed by atoms with Crippen LogP contribution in [0.15, 0.2) is 12.1 Å². The molecule has 1 heterocycles. The number of rotatable bonds is 7. The molecule has 1 aromatic rings. The van der Waals surface area contributed by atoms with Gasteiger partial charge in [-0.3, -0.25) is 0 Å². The van der Waals surface area contributed by atoms with Gasteiger partial charge in [0.05, 0.1) is 6.61 Å². The minimum atomic E-state index is 0.285. The summed E-state index contributed by atoms with van der Waals surface area (Å²) in [6.07, 6.45) is 3.92. The smallest absolute Gasteiger partial charge is 0.231 e. The fourth-order valence-corrected chi connectivity index (χ4v) is 2.24. The summed E-state index contributed by atoms with van der Waals surface area (Å²) in [5.74, 6) is 3.52. The third-order valence-corrected chi connectivity index (χ3v) is 3.42. The lowest BCUT2D eigenvalue weighted by molar-refractivity contribution is 0.173. The Hall–Kier alpha value is -1.07. The summed E-state index contributed by atoms with van der Waals surface area (Å²) in [5, 5.41) is 0. The second-order valence-electron chi connectivity index (χ2n) is 4.05. The zero-order valence-electron chi connectivity index (χ0n) is 10.6. The van der Waals surface area contributed by atoms with Crippen molar-refractivity contribution in [1.82, 2.24) is 0 Å². The standard InChI is InChI=1S/C13H19NO3S/c1-18-6-2-5-15-11-8-13-12(16-9-17-13)7-10(11)3-4-14/h7-8H,2-6,9,14H2,1H3. The van der Waals surface area contributed by atoms with Crippen molar-refractivity contribution >= 4 is 11.8 Å². The van der Waals surface area contributed by atoms with Crippen LogP contribution in [0.5, 0.6) is 17.2 Å². The number of thioether (sulfide) groups is 1. The number of fused-ring (bicyclic) bond motifs is 1. The van der Waals surface area contributed by atoms with Crippen LogP contribution >= 0.6 is 11.8 Å². The van der Waals surface area contributed by atoms with Gasteiger partial charge in [0.15, 0.2) is 11.5 Å². The SMILES string of the molecule is CSCCCOc1cc2c(cc1CCN)OCO2. The van der Waals surface area contributed by atoms with Crippen LogP contribution in [-0.4, -0.2) is 32.0 Å². The highest BCUT2D eigenvalue weighted by Crippen LogP contribution is 2.38. The van der Waals surface area contributed by atoms with Crippen molar-refractivity contribution in [2.75, 3.05) is 32.0 Å². The summed E-state index contributed by atoms with van der Waals surface area (Å²) in [6.45, 7) is 1.60. The van der Waals surface area contributed by atoms with E-state index in [1.54, 1.807) is 0 Å². The lowest BCUT2D eigenvalue weighted by Gasteiger charge is -2.12. The maximum atomic E-state index is 5.81. The van der Waals surface area contributed by atoms with Crippen molar-refractivity contribution in [3.05, 3.63) is 17.7 Å². The van der Waals surface area contributed by atoms with Gasteiger partial charge in [0, 0.05) is 6.07 Å². The fraction of sp³-hybridized carbons (Fsp3) is 0.538. The van der Waals surface area contributed by atoms with Gasteiger partial charge in [-0.25, -0.2) is 0 Å². The molecule has 0 spiro atoms. The van der Waals surface area contributed by atoms with E-state index in [4.69, 9.17) is 19.9 Å². The summed E-state index contributed by atoms with van der Waals surface area (Å²) in [4.78, 5) is 0. The van der Waals surface area contributed by atoms with Crippen LogP contribution in [-0.2, 0) is 6.42 Å². The third kappa shape index (κ3) is 3.23. The van der Waals surface area contributed by atoms with E-state index in [2.05, 4.69) is 6.26 Å². The molecule has 2 N–H and O–H groups in total. The summed E-state index contributed by atoms with van der Waals surface area (Å²) in [7, 11) is 0. The van der Waals surface area contributed by atoms with Crippen LogP contribution < -0.4 is 19.9 Å². The van der Waals surface area contributed by atoms with E-state index < -0.39 is 0 Å². The average Bonchev–Trinajstić information content (AvgIpc) is 2.82. The third-order valence-electron chi connectivity index (χ3n) is 2.72. The number of hydrogen-bond acceptors (Lipinski definition) is 5. The molecule has 0 amide bonds. The minimum Gasteiger partial charge on any atom is -0.493 e. The average molecular weight is 269 g/mol. The number of benzene rings is 1. The first-order valence-corrected chi connectivity index (χ1v) is 7.49. The molecule has 1 aliphatic heterocycles. The highest BCUT2D eigenvalue weighted by atomic mass is 32.2. The van der Waals surface area contributed by atoms with Gasteiger partial charge in [0.1, 0.15) is 5.75 Å². The van der Waals surface area contributed by atoms with Crippen molar-refractivity contribution < 1.29 is 14.2 Å². The molecule has 18 heavy (non-hydrogen) atoms. The van der Waals surface area contributed by atoms with Gasteiger partial charge in [-0.15, -0.1) is 0 Å². The van der Waals surface area contributed by atoms with E-state index in [0.29, 0.717) is 6.54 Å². The van der Waals surface area contributed by atoms with Crippen molar-refractivity contribution in [1.29, 1.82) is 0 Å². The monoisotopic (exact) mass is 269 g/mol. The molecule has 4 nitrogen and oxygen atoms in total. The first-order valence-electron chi connectivity index (χ1n) is 6.09. The summed E-state index contributed by atoms with van der Waals surface area (Å²) in [6, 6.07) is 3.88. The molecule has 0 aromatic heterocycles. The number of nitrogens with two attached hydrogens (primary N) is 1. The normalized spacial score (nSPS) is 12.8. The Morgan fingerprint density at radius 3 is 2.83 bits per heavy atom. The Bertz CT molecular complexity index is 398. The van der Waals surface area contributed by atoms with Crippen LogP contribution in [0.2, 0.25) is 0 Å². The summed E-state index contributed by atoms with van der Waals surface area (Å²) >= 11 is 1.83. The molecule has 0 radical (unpaired) electrons. The molecule has 5 heteroatoms. The van der Waals surface area contributed by atoms with E-state index >= 15 is 0 Å². The van der Waals surface area contributed by atoms with E-state index in [0.717, 1.165) is 48.0 Å². The molecule has 2 rings (SSSR count). The topological polar surface area (TPSA) is 53.7 Å². The van der Waals surface area contributed by atoms with E-state index in [1.165, 1.54) is 0 Å². The zero-order chi connectivity index (χ0) is 12.8. The van der Waals surface area contributed by atoms with Crippen LogP contribution in [0.25, 0.3) is 0 Å². The van der Waals surface area contributed by atoms with Crippen LogP contribution in [0, 0.1) is 0 Å². The fourth-order valence-electron chi connectivity index (χ4n) is 1.84. The molecule has 0 bridgehead atoms. The van der Waals surface area contributed by atoms with Gasteiger partial charge in [-0.1, -0.05) is 0 Å². The molecule has 0 fully saturated rings. The predicted molar refractivity (Wildman–Crippen MR) is 73.8 cm³/mol. The molecule has 0 unspecified atom stereocenters. The van der Waals surface area contributed by atoms with E-state index in [9.17, 15) is 0 Å². The Morgan fingerprint density at radius 1 is 1.33 bits per heavy atom. The van der Waals surface area contributed by atoms with Gasteiger partial charge in [-0.2, -0.15) is 11.8 Å². The van der Waals surface area contributed by atoms with Crippen LogP contribution in [0.1, 0.15) is 12.0 Å². The first kappa shape index (κ1) is 13.4. The molecule has 0 atom stereocenters. The largest absolute Gasteiger partial charge is 0.493 e. The Balaban J connectivity index is 2.06. The molecule has 0 saturated carbocycles. The molecule has 1 aliphatic rings. The second-order valence-corrected chi connectivity index (χ2v) is 5.03. The Morgan fingerprint density at radius 2 is 2.11 bits per heavy atom. The Kier molecular flexibility index (Phi) is 5.01. The van der Waals surface area contributed by atoms with Crippen molar-refractivity contribution in [2.45, 2.75) is 12.8 Å². The van der Waals surface area contributed by atoms with Crippen molar-refractivity contribution in [3.63, 3.8) is 0 Å². The van der Waals surface area contributed by atoms with Crippen molar-refractivity contribution in [3.8, 4) is 17.2 Å². The molecule has 0 saturated heterocycles. The van der Waals surface area contributed by atoms with Crippen LogP contribution in [0.4, 0.5) is 0 Å². The maximum absolute atomic E-state index is 5.81. The van der Waals surface area contributed by atoms with Gasteiger partial charge in [-0.05, 0) is 43.0 Å². The quantitative estimate of drug-likeness (QED) is 0.768. The van der Waals surface area contributed by atoms with Crippen LogP contribution in [0.3, 0.4) is 0 Å². The van der Waals surface area contributed by atoms with Gasteiger partial charge >= 0.3 is 0 Å². The molecule has 1 aromatic carbocycles. The lowest BCUT2D eigenvalue weighted by atomic mass is 10.1. The summed E-state index contributed by atoms with van der Waals surface area (Å²) < 4.78 is 16.5. The molecular formula is C13H19NO3S. The lowest BCUT2D eigenvalue weighted by Crippen LogP contribution is -2.06. The minimum absolute atomic E-state index is 0.285. The van der Waals surface area contributed by atoms with Gasteiger partial charge in [0.2, 0.25) is 6.79 Å². The van der Waals surface area contributed by atoms with E-state index in [-0.39, 0.29) is 6.79 Å². The zero-order valence-corrected chi connectivity index (χ0v) is 11.4. The number of ether oxygens (including phenoxy) is 3. The molecule has 100 valence electrons. The summed E-state index contributed by atoms with van der Waals surface area (Å²) in [5.41, 5.74) is 6.71. The Labute approximate surface area is 112 Å². The predicted octanol–water partition coefficient (Wildman–Crippen LogP) is 2.05. The highest BCUT2D eigenvalue weighted by molar-refractivity contribution is 7.98. The molecule has 0 aliphatic carbocycles. The highest BCUT2D eigenvalue weighted by Gasteiger charge is 2.17. The second kappa shape index (κ2) is 6.75. The van der Waals surface area contributed by atoms with E-state index in [1.807, 2.05) is 23.9 Å². The molecular weight excluding hydrogens is 250 g/mol.